The third-order valence-corrected chi connectivity index (χ3v) is 6.36. The second-order valence-electron chi connectivity index (χ2n) is 5.95. The molecule has 0 fully saturated rings. The molecule has 0 spiro atoms. The molecule has 0 aliphatic rings. The van der Waals surface area contributed by atoms with Gasteiger partial charge < -0.3 is 0 Å². The van der Waals surface area contributed by atoms with Crippen LogP contribution in [-0.4, -0.2) is 19.7 Å². The summed E-state index contributed by atoms with van der Waals surface area (Å²) in [5.74, 6) is 1.89. The van der Waals surface area contributed by atoms with E-state index in [9.17, 15) is 0 Å². The van der Waals surface area contributed by atoms with Crippen molar-refractivity contribution in [2.24, 2.45) is 0 Å². The van der Waals surface area contributed by atoms with Crippen molar-refractivity contribution in [3.63, 3.8) is 0 Å². The van der Waals surface area contributed by atoms with Gasteiger partial charge in [-0.05, 0) is 18.2 Å². The average molecular weight is 425 g/mol. The normalized spacial score (nSPS) is 11.3. The van der Waals surface area contributed by atoms with Crippen molar-refractivity contribution in [3.8, 4) is 11.4 Å². The molecule has 2 heterocycles. The Morgan fingerprint density at radius 1 is 1.31 bits per heavy atom. The lowest BCUT2D eigenvalue weighted by Gasteiger charge is -2.08. The minimum Gasteiger partial charge on any atom is -0.298 e. The number of nitrogens with zero attached hydrogens (tertiary/aromatic N) is 4. The van der Waals surface area contributed by atoms with Gasteiger partial charge in [0.05, 0.1) is 15.7 Å². The van der Waals surface area contributed by atoms with Crippen LogP contribution in [-0.2, 0) is 12.3 Å². The zero-order chi connectivity index (χ0) is 18.7. The topological polar surface area (TPSA) is 43.6 Å². The van der Waals surface area contributed by atoms with Gasteiger partial charge in [-0.3, -0.25) is 4.57 Å². The van der Waals surface area contributed by atoms with Crippen LogP contribution in [0.4, 0.5) is 0 Å². The maximum absolute atomic E-state index is 6.34. The largest absolute Gasteiger partial charge is 0.298 e. The molecule has 0 amide bonds. The van der Waals surface area contributed by atoms with Gasteiger partial charge in [-0.15, -0.1) is 28.1 Å². The molecular weight excluding hydrogens is 407 g/mol. The molecular formula is C18H18Cl2N4S2. The Bertz CT molecular complexity index is 918. The molecule has 1 aromatic carbocycles. The molecule has 0 aliphatic carbocycles. The molecule has 0 bridgehead atoms. The number of halogens is 2. The Labute approximate surface area is 171 Å². The molecule has 26 heavy (non-hydrogen) atoms. The summed E-state index contributed by atoms with van der Waals surface area (Å²) >= 11 is 15.6. The monoisotopic (exact) mass is 424 g/mol. The van der Waals surface area contributed by atoms with Gasteiger partial charge in [-0.25, -0.2) is 4.98 Å². The summed E-state index contributed by atoms with van der Waals surface area (Å²) in [7, 11) is 0. The van der Waals surface area contributed by atoms with E-state index in [4.69, 9.17) is 23.2 Å². The first-order valence-corrected chi connectivity index (χ1v) is 10.7. The Morgan fingerprint density at radius 3 is 2.77 bits per heavy atom. The maximum Gasteiger partial charge on any atom is 0.192 e. The Hall–Kier alpha value is -1.34. The summed E-state index contributed by atoms with van der Waals surface area (Å²) in [6.45, 7) is 8.74. The molecule has 8 heteroatoms. The highest BCUT2D eigenvalue weighted by Crippen LogP contribution is 2.32. The van der Waals surface area contributed by atoms with Crippen LogP contribution in [0.2, 0.25) is 10.0 Å². The summed E-state index contributed by atoms with van der Waals surface area (Å²) in [6.07, 6.45) is 1.82. The highest BCUT2D eigenvalue weighted by molar-refractivity contribution is 7.98. The molecule has 0 saturated heterocycles. The number of rotatable bonds is 7. The van der Waals surface area contributed by atoms with Crippen molar-refractivity contribution >= 4 is 46.3 Å². The van der Waals surface area contributed by atoms with Crippen molar-refractivity contribution in [1.29, 1.82) is 0 Å². The number of allylic oxidation sites excluding steroid dienone is 1. The Balaban J connectivity index is 1.85. The van der Waals surface area contributed by atoms with Gasteiger partial charge in [-0.1, -0.05) is 54.9 Å². The predicted octanol–water partition coefficient (Wildman–Crippen LogP) is 6.31. The van der Waals surface area contributed by atoms with Crippen LogP contribution < -0.4 is 0 Å². The van der Waals surface area contributed by atoms with E-state index in [0.29, 0.717) is 28.3 Å². The molecule has 0 N–H and O–H groups in total. The molecule has 0 unspecified atom stereocenters. The van der Waals surface area contributed by atoms with Crippen LogP contribution in [0.25, 0.3) is 11.4 Å². The lowest BCUT2D eigenvalue weighted by atomic mass is 10.2. The number of thioether (sulfide) groups is 1. The first-order chi connectivity index (χ1) is 12.5. The standard InChI is InChI=1S/C18H18Cl2N4S2/c1-4-7-24-16(14-6-5-12(19)8-15(14)20)22-23-18(24)26-10-13-9-25-17(21-13)11(2)3/h4-6,8-9,11H,1,7,10H2,2-3H3. The van der Waals surface area contributed by atoms with Crippen molar-refractivity contribution in [2.75, 3.05) is 0 Å². The van der Waals surface area contributed by atoms with Crippen LogP contribution in [0.3, 0.4) is 0 Å². The summed E-state index contributed by atoms with van der Waals surface area (Å²) in [4.78, 5) is 4.67. The van der Waals surface area contributed by atoms with Gasteiger partial charge in [-0.2, -0.15) is 0 Å². The molecule has 3 aromatic rings. The minimum absolute atomic E-state index is 0.446. The van der Waals surface area contributed by atoms with E-state index in [2.05, 4.69) is 41.0 Å². The lowest BCUT2D eigenvalue weighted by molar-refractivity contribution is 0.731. The molecule has 0 radical (unpaired) electrons. The smallest absolute Gasteiger partial charge is 0.192 e. The molecule has 136 valence electrons. The fourth-order valence-electron chi connectivity index (χ4n) is 2.35. The predicted molar refractivity (Wildman–Crippen MR) is 111 cm³/mol. The summed E-state index contributed by atoms with van der Waals surface area (Å²) in [5.41, 5.74) is 1.86. The van der Waals surface area contributed by atoms with Crippen LogP contribution >= 0.6 is 46.3 Å². The number of hydrogen-bond acceptors (Lipinski definition) is 5. The van der Waals surface area contributed by atoms with Gasteiger partial charge in [0.15, 0.2) is 11.0 Å². The van der Waals surface area contributed by atoms with Crippen LogP contribution in [0.1, 0.15) is 30.5 Å². The Kier molecular flexibility index (Phi) is 6.40. The zero-order valence-electron chi connectivity index (χ0n) is 14.4. The number of hydrogen-bond donors (Lipinski definition) is 0. The average Bonchev–Trinajstić information content (AvgIpc) is 3.21. The highest BCUT2D eigenvalue weighted by Gasteiger charge is 2.17. The summed E-state index contributed by atoms with van der Waals surface area (Å²) < 4.78 is 2.00. The quantitative estimate of drug-likeness (QED) is 0.329. The maximum atomic E-state index is 6.34. The van der Waals surface area contributed by atoms with E-state index >= 15 is 0 Å². The van der Waals surface area contributed by atoms with Crippen molar-refractivity contribution in [1.82, 2.24) is 19.7 Å². The Morgan fingerprint density at radius 2 is 2.12 bits per heavy atom. The molecule has 4 nitrogen and oxygen atoms in total. The highest BCUT2D eigenvalue weighted by atomic mass is 35.5. The van der Waals surface area contributed by atoms with Crippen LogP contribution in [0, 0.1) is 0 Å². The zero-order valence-corrected chi connectivity index (χ0v) is 17.6. The number of aromatic nitrogens is 4. The number of benzene rings is 1. The van der Waals surface area contributed by atoms with Gasteiger partial charge in [0.2, 0.25) is 0 Å². The van der Waals surface area contributed by atoms with E-state index in [1.807, 2.05) is 16.7 Å². The fourth-order valence-corrected chi connectivity index (χ4v) is 4.63. The first-order valence-electron chi connectivity index (χ1n) is 8.06. The number of thiazole rings is 1. The SMILES string of the molecule is C=CCn1c(SCc2csc(C(C)C)n2)nnc1-c1ccc(Cl)cc1Cl. The van der Waals surface area contributed by atoms with E-state index in [0.717, 1.165) is 27.2 Å². The lowest BCUT2D eigenvalue weighted by Crippen LogP contribution is -2.01. The third kappa shape index (κ3) is 4.31. The van der Waals surface area contributed by atoms with E-state index in [-0.39, 0.29) is 0 Å². The molecule has 0 aliphatic heterocycles. The van der Waals surface area contributed by atoms with E-state index in [1.165, 1.54) is 0 Å². The second-order valence-corrected chi connectivity index (χ2v) is 8.63. The van der Waals surface area contributed by atoms with Gasteiger partial charge in [0.25, 0.3) is 0 Å². The fraction of sp³-hybridized carbons (Fsp3) is 0.278. The third-order valence-electron chi connectivity index (χ3n) is 3.61. The molecule has 0 saturated carbocycles. The molecule has 0 atom stereocenters. The second kappa shape index (κ2) is 8.57. The van der Waals surface area contributed by atoms with Gasteiger partial charge in [0.1, 0.15) is 0 Å². The van der Waals surface area contributed by atoms with Crippen LogP contribution in [0.5, 0.6) is 0 Å². The van der Waals surface area contributed by atoms with Crippen molar-refractivity contribution in [3.05, 3.63) is 57.0 Å². The first kappa shape index (κ1) is 19.4. The van der Waals surface area contributed by atoms with E-state index < -0.39 is 0 Å². The summed E-state index contributed by atoms with van der Waals surface area (Å²) in [6, 6.07) is 5.37. The van der Waals surface area contributed by atoms with Crippen LogP contribution in [0.15, 0.2) is 41.4 Å². The van der Waals surface area contributed by atoms with E-state index in [1.54, 1.807) is 35.2 Å². The minimum atomic E-state index is 0.446. The van der Waals surface area contributed by atoms with Crippen molar-refractivity contribution < 1.29 is 0 Å². The van der Waals surface area contributed by atoms with Gasteiger partial charge >= 0.3 is 0 Å². The molecule has 2 aromatic heterocycles. The van der Waals surface area contributed by atoms with Crippen molar-refractivity contribution in [2.45, 2.75) is 37.2 Å². The molecule has 3 rings (SSSR count). The van der Waals surface area contributed by atoms with Gasteiger partial charge in [0, 0.05) is 34.2 Å². The summed E-state index contributed by atoms with van der Waals surface area (Å²) in [5, 5.41) is 13.9.